The highest BCUT2D eigenvalue weighted by Crippen LogP contribution is 2.43. The van der Waals surface area contributed by atoms with Crippen molar-refractivity contribution in [1.29, 1.82) is 0 Å². The SMILES string of the molecule is COc1cccc([C@@H]2Oc3ccccc3C=C2[N+](=O)[O-])c1OC. The monoisotopic (exact) mass is 313 g/mol. The van der Waals surface area contributed by atoms with Crippen molar-refractivity contribution in [1.82, 2.24) is 0 Å². The van der Waals surface area contributed by atoms with E-state index < -0.39 is 11.0 Å². The second kappa shape index (κ2) is 6.00. The molecule has 6 nitrogen and oxygen atoms in total. The summed E-state index contributed by atoms with van der Waals surface area (Å²) >= 11 is 0. The molecule has 2 aromatic carbocycles. The van der Waals surface area contributed by atoms with Gasteiger partial charge in [0.2, 0.25) is 6.10 Å². The molecule has 1 aliphatic rings. The summed E-state index contributed by atoms with van der Waals surface area (Å²) in [6, 6.07) is 12.4. The summed E-state index contributed by atoms with van der Waals surface area (Å²) in [7, 11) is 3.01. The minimum Gasteiger partial charge on any atom is -0.493 e. The van der Waals surface area contributed by atoms with Gasteiger partial charge in [0.15, 0.2) is 11.5 Å². The van der Waals surface area contributed by atoms with Gasteiger partial charge in [0.1, 0.15) is 5.75 Å². The number of methoxy groups -OCH3 is 2. The molecule has 118 valence electrons. The van der Waals surface area contributed by atoms with Crippen LogP contribution in [0.25, 0.3) is 6.08 Å². The first-order valence-corrected chi connectivity index (χ1v) is 6.98. The van der Waals surface area contributed by atoms with Gasteiger partial charge in [-0.05, 0) is 12.1 Å². The van der Waals surface area contributed by atoms with Crippen LogP contribution in [0.1, 0.15) is 17.2 Å². The number of hydrogen-bond acceptors (Lipinski definition) is 5. The Morgan fingerprint density at radius 2 is 1.87 bits per heavy atom. The lowest BCUT2D eigenvalue weighted by molar-refractivity contribution is -0.434. The minimum atomic E-state index is -0.870. The lowest BCUT2D eigenvalue weighted by atomic mass is 10.00. The van der Waals surface area contributed by atoms with Crippen LogP contribution in [0.4, 0.5) is 0 Å². The maximum Gasteiger partial charge on any atom is 0.291 e. The van der Waals surface area contributed by atoms with E-state index in [1.165, 1.54) is 20.3 Å². The zero-order chi connectivity index (χ0) is 16.4. The van der Waals surface area contributed by atoms with Gasteiger partial charge in [-0.25, -0.2) is 0 Å². The number of para-hydroxylation sites is 2. The van der Waals surface area contributed by atoms with Crippen LogP contribution >= 0.6 is 0 Å². The third kappa shape index (κ3) is 2.59. The highest BCUT2D eigenvalue weighted by atomic mass is 16.6. The number of ether oxygens (including phenoxy) is 3. The van der Waals surface area contributed by atoms with Gasteiger partial charge in [0.25, 0.3) is 5.70 Å². The number of hydrogen-bond donors (Lipinski definition) is 0. The van der Waals surface area contributed by atoms with E-state index in [-0.39, 0.29) is 5.70 Å². The van der Waals surface area contributed by atoms with Gasteiger partial charge >= 0.3 is 0 Å². The van der Waals surface area contributed by atoms with Crippen molar-refractivity contribution in [2.45, 2.75) is 6.10 Å². The number of nitrogens with zero attached hydrogens (tertiary/aromatic N) is 1. The average molecular weight is 313 g/mol. The van der Waals surface area contributed by atoms with Crippen LogP contribution in [0.2, 0.25) is 0 Å². The van der Waals surface area contributed by atoms with E-state index in [4.69, 9.17) is 14.2 Å². The number of benzene rings is 2. The molecule has 1 atom stereocenters. The van der Waals surface area contributed by atoms with Gasteiger partial charge in [-0.15, -0.1) is 0 Å². The van der Waals surface area contributed by atoms with Gasteiger partial charge < -0.3 is 14.2 Å². The van der Waals surface area contributed by atoms with Gasteiger partial charge in [-0.2, -0.15) is 0 Å². The zero-order valence-corrected chi connectivity index (χ0v) is 12.7. The van der Waals surface area contributed by atoms with Gasteiger partial charge in [-0.1, -0.05) is 30.3 Å². The topological polar surface area (TPSA) is 70.8 Å². The Morgan fingerprint density at radius 3 is 2.57 bits per heavy atom. The molecule has 3 rings (SSSR count). The van der Waals surface area contributed by atoms with Crippen molar-refractivity contribution in [3.8, 4) is 17.2 Å². The second-order valence-corrected chi connectivity index (χ2v) is 4.94. The maximum atomic E-state index is 11.5. The second-order valence-electron chi connectivity index (χ2n) is 4.94. The predicted octanol–water partition coefficient (Wildman–Crippen LogP) is 3.46. The summed E-state index contributed by atoms with van der Waals surface area (Å²) in [6.45, 7) is 0. The van der Waals surface area contributed by atoms with Crippen molar-refractivity contribution in [3.63, 3.8) is 0 Å². The molecule has 0 saturated carbocycles. The summed E-state index contributed by atoms with van der Waals surface area (Å²) < 4.78 is 16.5. The standard InChI is InChI=1S/C17H15NO5/c1-21-15-9-5-7-12(17(15)22-2)16-13(18(19)20)10-11-6-3-4-8-14(11)23-16/h3-10,16H,1-2H3/t16-/m0/s1. The molecule has 0 radical (unpaired) electrons. The summed E-state index contributed by atoms with van der Waals surface area (Å²) in [5.74, 6) is 1.51. The normalized spacial score (nSPS) is 15.9. The van der Waals surface area contributed by atoms with Crippen molar-refractivity contribution < 1.29 is 19.1 Å². The molecular formula is C17H15NO5. The van der Waals surface area contributed by atoms with Crippen LogP contribution in [0.5, 0.6) is 17.2 Å². The summed E-state index contributed by atoms with van der Waals surface area (Å²) in [4.78, 5) is 11.1. The molecule has 0 aliphatic carbocycles. The van der Waals surface area contributed by atoms with Crippen LogP contribution in [0.15, 0.2) is 48.2 Å². The lowest BCUT2D eigenvalue weighted by Gasteiger charge is -2.24. The van der Waals surface area contributed by atoms with E-state index in [2.05, 4.69) is 0 Å². The Hall–Kier alpha value is -3.02. The molecule has 0 saturated heterocycles. The van der Waals surface area contributed by atoms with E-state index in [9.17, 15) is 10.1 Å². The summed E-state index contributed by atoms with van der Waals surface area (Å²) in [6.07, 6.45) is 0.660. The molecular weight excluding hydrogens is 298 g/mol. The van der Waals surface area contributed by atoms with E-state index in [1.54, 1.807) is 30.3 Å². The Kier molecular flexibility index (Phi) is 3.89. The van der Waals surface area contributed by atoms with Crippen LogP contribution in [-0.4, -0.2) is 19.1 Å². The van der Waals surface area contributed by atoms with Crippen LogP contribution in [0, 0.1) is 10.1 Å². The van der Waals surface area contributed by atoms with Crippen molar-refractivity contribution in [3.05, 3.63) is 69.4 Å². The highest BCUT2D eigenvalue weighted by Gasteiger charge is 2.35. The van der Waals surface area contributed by atoms with Crippen molar-refractivity contribution in [2.24, 2.45) is 0 Å². The van der Waals surface area contributed by atoms with Crippen molar-refractivity contribution in [2.75, 3.05) is 14.2 Å². The molecule has 6 heteroatoms. The number of nitro groups is 1. The first kappa shape index (κ1) is 14.9. The molecule has 0 N–H and O–H groups in total. The summed E-state index contributed by atoms with van der Waals surface area (Å²) in [5.41, 5.74) is 1.18. The van der Waals surface area contributed by atoms with Gasteiger partial charge in [-0.3, -0.25) is 10.1 Å². The largest absolute Gasteiger partial charge is 0.493 e. The predicted molar refractivity (Wildman–Crippen MR) is 84.3 cm³/mol. The Balaban J connectivity index is 2.15. The van der Waals surface area contributed by atoms with Crippen LogP contribution in [-0.2, 0) is 0 Å². The zero-order valence-electron chi connectivity index (χ0n) is 12.7. The third-order valence-corrected chi connectivity index (χ3v) is 3.66. The Bertz CT molecular complexity index is 784. The number of fused-ring (bicyclic) bond motifs is 1. The average Bonchev–Trinajstić information content (AvgIpc) is 2.59. The quantitative estimate of drug-likeness (QED) is 0.638. The Labute approximate surface area is 133 Å². The highest BCUT2D eigenvalue weighted by molar-refractivity contribution is 5.63. The van der Waals surface area contributed by atoms with Crippen LogP contribution in [0.3, 0.4) is 0 Å². The van der Waals surface area contributed by atoms with E-state index >= 15 is 0 Å². The van der Waals surface area contributed by atoms with Gasteiger partial charge in [0, 0.05) is 17.2 Å². The minimum absolute atomic E-state index is 0.0461. The first-order chi connectivity index (χ1) is 11.2. The van der Waals surface area contributed by atoms with Gasteiger partial charge in [0.05, 0.1) is 19.1 Å². The smallest absolute Gasteiger partial charge is 0.291 e. The number of rotatable bonds is 4. The third-order valence-electron chi connectivity index (χ3n) is 3.66. The Morgan fingerprint density at radius 1 is 1.09 bits per heavy atom. The van der Waals surface area contributed by atoms with Crippen molar-refractivity contribution >= 4 is 6.08 Å². The fourth-order valence-corrected chi connectivity index (χ4v) is 2.62. The first-order valence-electron chi connectivity index (χ1n) is 6.98. The molecule has 23 heavy (non-hydrogen) atoms. The lowest BCUT2D eigenvalue weighted by Crippen LogP contribution is -2.20. The molecule has 0 bridgehead atoms. The molecule has 0 fully saturated rings. The molecule has 2 aromatic rings. The molecule has 0 spiro atoms. The fraction of sp³-hybridized carbons (Fsp3) is 0.176. The molecule has 0 unspecified atom stereocenters. The van der Waals surface area contributed by atoms with Crippen LogP contribution < -0.4 is 14.2 Å². The van der Waals surface area contributed by atoms with E-state index in [1.807, 2.05) is 12.1 Å². The summed E-state index contributed by atoms with van der Waals surface area (Å²) in [5, 5.41) is 11.5. The molecule has 1 aliphatic heterocycles. The molecule has 1 heterocycles. The fourth-order valence-electron chi connectivity index (χ4n) is 2.62. The molecule has 0 aromatic heterocycles. The maximum absolute atomic E-state index is 11.5. The van der Waals surface area contributed by atoms with E-state index in [0.29, 0.717) is 28.4 Å². The molecule has 0 amide bonds. The van der Waals surface area contributed by atoms with E-state index in [0.717, 1.165) is 0 Å².